The minimum atomic E-state index is -0.0538. The van der Waals surface area contributed by atoms with E-state index in [4.69, 9.17) is 9.84 Å². The van der Waals surface area contributed by atoms with Crippen LogP contribution in [0, 0.1) is 0 Å². The van der Waals surface area contributed by atoms with E-state index in [0.29, 0.717) is 31.0 Å². The van der Waals surface area contributed by atoms with E-state index in [1.165, 1.54) is 0 Å². The maximum Gasteiger partial charge on any atom is 0.257 e. The maximum atomic E-state index is 12.2. The number of carbonyl (C=O) groups excluding carboxylic acids is 1. The van der Waals surface area contributed by atoms with E-state index >= 15 is 0 Å². The molecular weight excluding hydrogens is 218 g/mol. The van der Waals surface area contributed by atoms with E-state index in [1.54, 1.807) is 4.90 Å². The SMILES string of the molecule is CCc1ccc2c(c1)C(=O)N(CCO)CCO2. The van der Waals surface area contributed by atoms with Crippen LogP contribution in [0.1, 0.15) is 22.8 Å². The number of hydrogen-bond acceptors (Lipinski definition) is 3. The number of ether oxygens (including phenoxy) is 1. The Kier molecular flexibility index (Phi) is 3.64. The van der Waals surface area contributed by atoms with Gasteiger partial charge in [-0.2, -0.15) is 0 Å². The van der Waals surface area contributed by atoms with Crippen molar-refractivity contribution < 1.29 is 14.6 Å². The van der Waals surface area contributed by atoms with Crippen LogP contribution in [0.3, 0.4) is 0 Å². The smallest absolute Gasteiger partial charge is 0.257 e. The van der Waals surface area contributed by atoms with Crippen molar-refractivity contribution in [3.63, 3.8) is 0 Å². The molecule has 0 saturated carbocycles. The molecule has 2 rings (SSSR count). The minimum absolute atomic E-state index is 0.0193. The second kappa shape index (κ2) is 5.19. The Labute approximate surface area is 101 Å². The summed E-state index contributed by atoms with van der Waals surface area (Å²) in [5, 5.41) is 8.94. The Balaban J connectivity index is 2.35. The molecule has 1 aromatic rings. The van der Waals surface area contributed by atoms with Gasteiger partial charge >= 0.3 is 0 Å². The van der Waals surface area contributed by atoms with E-state index in [1.807, 2.05) is 18.2 Å². The van der Waals surface area contributed by atoms with Gasteiger partial charge in [-0.25, -0.2) is 0 Å². The van der Waals surface area contributed by atoms with Gasteiger partial charge in [-0.05, 0) is 24.1 Å². The number of rotatable bonds is 3. The molecule has 0 radical (unpaired) electrons. The van der Waals surface area contributed by atoms with Crippen LogP contribution in [0.4, 0.5) is 0 Å². The normalized spacial score (nSPS) is 15.2. The van der Waals surface area contributed by atoms with Crippen LogP contribution in [0.25, 0.3) is 0 Å². The van der Waals surface area contributed by atoms with Crippen LogP contribution in [0.2, 0.25) is 0 Å². The fraction of sp³-hybridized carbons (Fsp3) is 0.462. The first kappa shape index (κ1) is 11.9. The molecule has 4 heteroatoms. The lowest BCUT2D eigenvalue weighted by atomic mass is 10.1. The quantitative estimate of drug-likeness (QED) is 0.852. The number of aryl methyl sites for hydroxylation is 1. The fourth-order valence-corrected chi connectivity index (χ4v) is 1.96. The summed E-state index contributed by atoms with van der Waals surface area (Å²) in [7, 11) is 0. The minimum Gasteiger partial charge on any atom is -0.491 e. The molecule has 0 aliphatic carbocycles. The van der Waals surface area contributed by atoms with Crippen molar-refractivity contribution in [1.82, 2.24) is 4.90 Å². The van der Waals surface area contributed by atoms with Crippen LogP contribution in [-0.4, -0.2) is 42.2 Å². The molecule has 1 heterocycles. The standard InChI is InChI=1S/C13H17NO3/c1-2-10-3-4-12-11(9-10)13(16)14(5-7-15)6-8-17-12/h3-4,9,15H,2,5-8H2,1H3. The highest BCUT2D eigenvalue weighted by Gasteiger charge is 2.23. The zero-order chi connectivity index (χ0) is 12.3. The summed E-state index contributed by atoms with van der Waals surface area (Å²) >= 11 is 0. The fourth-order valence-electron chi connectivity index (χ4n) is 1.96. The molecule has 0 bridgehead atoms. The molecule has 0 atom stereocenters. The average molecular weight is 235 g/mol. The van der Waals surface area contributed by atoms with Gasteiger partial charge in [0.15, 0.2) is 0 Å². The first-order chi connectivity index (χ1) is 8.26. The zero-order valence-corrected chi connectivity index (χ0v) is 9.98. The largest absolute Gasteiger partial charge is 0.491 e. The maximum absolute atomic E-state index is 12.2. The van der Waals surface area contributed by atoms with Gasteiger partial charge in [0.1, 0.15) is 12.4 Å². The van der Waals surface area contributed by atoms with Crippen molar-refractivity contribution in [2.24, 2.45) is 0 Å². The second-order valence-corrected chi connectivity index (χ2v) is 4.05. The van der Waals surface area contributed by atoms with Crippen molar-refractivity contribution in [1.29, 1.82) is 0 Å². The lowest BCUT2D eigenvalue weighted by Gasteiger charge is -2.18. The molecular formula is C13H17NO3. The van der Waals surface area contributed by atoms with Gasteiger partial charge < -0.3 is 14.7 Å². The molecule has 1 amide bonds. The Bertz CT molecular complexity index is 417. The van der Waals surface area contributed by atoms with Crippen molar-refractivity contribution >= 4 is 5.91 Å². The topological polar surface area (TPSA) is 49.8 Å². The average Bonchev–Trinajstić information content (AvgIpc) is 2.51. The molecule has 0 aromatic heterocycles. The molecule has 0 spiro atoms. The van der Waals surface area contributed by atoms with Gasteiger partial charge in [-0.1, -0.05) is 13.0 Å². The predicted octanol–water partition coefficient (Wildman–Crippen LogP) is 1.08. The van der Waals surface area contributed by atoms with E-state index in [-0.39, 0.29) is 12.5 Å². The lowest BCUT2D eigenvalue weighted by Crippen LogP contribution is -2.34. The monoisotopic (exact) mass is 235 g/mol. The number of amides is 1. The van der Waals surface area contributed by atoms with Crippen LogP contribution in [0.5, 0.6) is 5.75 Å². The van der Waals surface area contributed by atoms with Crippen molar-refractivity contribution in [2.45, 2.75) is 13.3 Å². The molecule has 92 valence electrons. The lowest BCUT2D eigenvalue weighted by molar-refractivity contribution is 0.0721. The summed E-state index contributed by atoms with van der Waals surface area (Å²) in [5.74, 6) is 0.592. The first-order valence-electron chi connectivity index (χ1n) is 5.92. The van der Waals surface area contributed by atoms with Gasteiger partial charge in [0, 0.05) is 6.54 Å². The van der Waals surface area contributed by atoms with Crippen LogP contribution < -0.4 is 4.74 Å². The van der Waals surface area contributed by atoms with Gasteiger partial charge in [0.25, 0.3) is 5.91 Å². The van der Waals surface area contributed by atoms with Crippen LogP contribution >= 0.6 is 0 Å². The molecule has 1 aliphatic rings. The van der Waals surface area contributed by atoms with E-state index in [2.05, 4.69) is 6.92 Å². The van der Waals surface area contributed by atoms with Crippen molar-refractivity contribution in [3.05, 3.63) is 29.3 Å². The summed E-state index contributed by atoms with van der Waals surface area (Å²) in [4.78, 5) is 13.9. The van der Waals surface area contributed by atoms with E-state index in [9.17, 15) is 4.79 Å². The highest BCUT2D eigenvalue weighted by molar-refractivity contribution is 5.97. The Morgan fingerprint density at radius 3 is 3.00 bits per heavy atom. The van der Waals surface area contributed by atoms with Gasteiger partial charge in [-0.15, -0.1) is 0 Å². The summed E-state index contributed by atoms with van der Waals surface area (Å²) in [6.07, 6.45) is 0.889. The number of carbonyl (C=O) groups is 1. The number of β-amino-alcohol motifs (C(OH)–C–C–N with tert-alkyl or cyclic N) is 1. The zero-order valence-electron chi connectivity index (χ0n) is 9.98. The van der Waals surface area contributed by atoms with Crippen LogP contribution in [-0.2, 0) is 6.42 Å². The summed E-state index contributed by atoms with van der Waals surface area (Å²) in [6.45, 7) is 3.39. The van der Waals surface area contributed by atoms with E-state index < -0.39 is 0 Å². The molecule has 4 nitrogen and oxygen atoms in total. The molecule has 17 heavy (non-hydrogen) atoms. The summed E-state index contributed by atoms with van der Waals surface area (Å²) in [5.41, 5.74) is 1.72. The highest BCUT2D eigenvalue weighted by Crippen LogP contribution is 2.24. The Hall–Kier alpha value is -1.55. The molecule has 1 N–H and O–H groups in total. The summed E-state index contributed by atoms with van der Waals surface area (Å²) in [6, 6.07) is 5.72. The Morgan fingerprint density at radius 2 is 2.29 bits per heavy atom. The molecule has 0 saturated heterocycles. The molecule has 1 aromatic carbocycles. The van der Waals surface area contributed by atoms with E-state index in [0.717, 1.165) is 12.0 Å². The van der Waals surface area contributed by atoms with Crippen molar-refractivity contribution in [2.75, 3.05) is 26.3 Å². The number of hydrogen-bond donors (Lipinski definition) is 1. The summed E-state index contributed by atoms with van der Waals surface area (Å²) < 4.78 is 5.55. The second-order valence-electron chi connectivity index (χ2n) is 4.05. The number of nitrogens with zero attached hydrogens (tertiary/aromatic N) is 1. The van der Waals surface area contributed by atoms with Gasteiger partial charge in [0.05, 0.1) is 18.7 Å². The van der Waals surface area contributed by atoms with Gasteiger partial charge in [-0.3, -0.25) is 4.79 Å². The number of fused-ring (bicyclic) bond motifs is 1. The third kappa shape index (κ3) is 2.42. The first-order valence-corrected chi connectivity index (χ1v) is 5.92. The number of aliphatic hydroxyl groups excluding tert-OH is 1. The molecule has 1 aliphatic heterocycles. The number of aliphatic hydroxyl groups is 1. The third-order valence-corrected chi connectivity index (χ3v) is 2.96. The Morgan fingerprint density at radius 1 is 1.47 bits per heavy atom. The number of benzene rings is 1. The third-order valence-electron chi connectivity index (χ3n) is 2.96. The predicted molar refractivity (Wildman–Crippen MR) is 64.3 cm³/mol. The molecule has 0 unspecified atom stereocenters. The highest BCUT2D eigenvalue weighted by atomic mass is 16.5. The van der Waals surface area contributed by atoms with Gasteiger partial charge in [0.2, 0.25) is 0 Å². The van der Waals surface area contributed by atoms with Crippen LogP contribution in [0.15, 0.2) is 18.2 Å². The van der Waals surface area contributed by atoms with Crippen molar-refractivity contribution in [3.8, 4) is 5.75 Å². The molecule has 0 fully saturated rings.